The quantitative estimate of drug-likeness (QED) is 0.303. The number of rotatable bonds is 5. The average molecular weight is 255 g/mol. The van der Waals surface area contributed by atoms with Crippen LogP contribution in [0.4, 0.5) is 0 Å². The second-order valence-electron chi connectivity index (χ2n) is 5.33. The second-order valence-corrected chi connectivity index (χ2v) is 5.33. The van der Waals surface area contributed by atoms with Gasteiger partial charge in [0.1, 0.15) is 0 Å². The molecule has 5 nitrogen and oxygen atoms in total. The molecule has 0 spiro atoms. The summed E-state index contributed by atoms with van der Waals surface area (Å²) in [5.41, 5.74) is 5.57. The van der Waals surface area contributed by atoms with Gasteiger partial charge in [-0.25, -0.2) is 0 Å². The summed E-state index contributed by atoms with van der Waals surface area (Å²) in [6.45, 7) is 4.22. The summed E-state index contributed by atoms with van der Waals surface area (Å²) in [6.07, 6.45) is 5.82. The third kappa shape index (κ3) is 4.20. The van der Waals surface area contributed by atoms with E-state index < -0.39 is 5.92 Å². The Labute approximate surface area is 109 Å². The lowest BCUT2D eigenvalue weighted by molar-refractivity contribution is -0.124. The predicted octanol–water partition coefficient (Wildman–Crippen LogP) is 1.84. The third-order valence-corrected chi connectivity index (χ3v) is 3.73. The van der Waals surface area contributed by atoms with E-state index in [1.165, 1.54) is 0 Å². The Morgan fingerprint density at radius 2 is 2.06 bits per heavy atom. The van der Waals surface area contributed by atoms with Gasteiger partial charge in [0.15, 0.2) is 5.84 Å². The second kappa shape index (κ2) is 7.24. The van der Waals surface area contributed by atoms with Gasteiger partial charge in [-0.05, 0) is 38.0 Å². The molecule has 4 N–H and O–H groups in total. The fourth-order valence-electron chi connectivity index (χ4n) is 2.48. The van der Waals surface area contributed by atoms with Crippen LogP contribution in [0.3, 0.4) is 0 Å². The van der Waals surface area contributed by atoms with Gasteiger partial charge in [0.25, 0.3) is 0 Å². The summed E-state index contributed by atoms with van der Waals surface area (Å²) in [7, 11) is 0. The molecule has 0 radical (unpaired) electrons. The van der Waals surface area contributed by atoms with Gasteiger partial charge in [-0.2, -0.15) is 0 Å². The Hall–Kier alpha value is -1.26. The molecule has 1 rings (SSSR count). The molecule has 0 aromatic heterocycles. The molecule has 0 aromatic rings. The molecular weight excluding hydrogens is 230 g/mol. The van der Waals surface area contributed by atoms with Gasteiger partial charge in [-0.15, -0.1) is 0 Å². The Balaban J connectivity index is 2.51. The maximum atomic E-state index is 12.1. The molecule has 0 aliphatic heterocycles. The third-order valence-electron chi connectivity index (χ3n) is 3.73. The topological polar surface area (TPSA) is 87.7 Å². The molecule has 104 valence electrons. The fourth-order valence-corrected chi connectivity index (χ4v) is 2.48. The van der Waals surface area contributed by atoms with Crippen LogP contribution in [-0.2, 0) is 4.79 Å². The van der Waals surface area contributed by atoms with Crippen molar-refractivity contribution in [2.24, 2.45) is 22.7 Å². The number of amides is 1. The van der Waals surface area contributed by atoms with Crippen molar-refractivity contribution in [2.45, 2.75) is 58.4 Å². The van der Waals surface area contributed by atoms with Gasteiger partial charge in [0.2, 0.25) is 5.91 Å². The number of oxime groups is 1. The molecule has 1 saturated carbocycles. The number of nitrogens with two attached hydrogens (primary N) is 1. The summed E-state index contributed by atoms with van der Waals surface area (Å²) in [5, 5.41) is 14.7. The van der Waals surface area contributed by atoms with E-state index in [4.69, 9.17) is 10.9 Å². The molecule has 1 unspecified atom stereocenters. The summed E-state index contributed by atoms with van der Waals surface area (Å²) < 4.78 is 0. The molecule has 18 heavy (non-hydrogen) atoms. The van der Waals surface area contributed by atoms with Crippen molar-refractivity contribution in [1.82, 2.24) is 5.32 Å². The van der Waals surface area contributed by atoms with E-state index in [0.717, 1.165) is 38.0 Å². The highest BCUT2D eigenvalue weighted by Crippen LogP contribution is 2.23. The van der Waals surface area contributed by atoms with Crippen molar-refractivity contribution in [3.63, 3.8) is 0 Å². The molecule has 1 fully saturated rings. The minimum absolute atomic E-state index is 0.0125. The Bertz CT molecular complexity index is 297. The van der Waals surface area contributed by atoms with E-state index in [1.807, 2.05) is 6.92 Å². The van der Waals surface area contributed by atoms with Gasteiger partial charge in [0, 0.05) is 6.04 Å². The number of carbonyl (C=O) groups is 1. The van der Waals surface area contributed by atoms with Gasteiger partial charge >= 0.3 is 0 Å². The zero-order valence-corrected chi connectivity index (χ0v) is 11.4. The predicted molar refractivity (Wildman–Crippen MR) is 71.4 cm³/mol. The molecule has 0 saturated heterocycles. The van der Waals surface area contributed by atoms with Crippen LogP contribution < -0.4 is 11.1 Å². The first-order valence-electron chi connectivity index (χ1n) is 6.86. The highest BCUT2D eigenvalue weighted by molar-refractivity contribution is 6.02. The molecule has 1 atom stereocenters. The minimum atomic E-state index is -0.501. The van der Waals surface area contributed by atoms with Crippen LogP contribution in [0.1, 0.15) is 52.4 Å². The smallest absolute Gasteiger partial charge is 0.231 e. The van der Waals surface area contributed by atoms with Gasteiger partial charge in [-0.1, -0.05) is 25.4 Å². The van der Waals surface area contributed by atoms with Gasteiger partial charge in [-0.3, -0.25) is 4.79 Å². The number of amidine groups is 1. The lowest BCUT2D eigenvalue weighted by Gasteiger charge is -2.28. The SMILES string of the molecule is CCCC(C(=O)NC1CCC(C)CC1)C(N)=NO. The Morgan fingerprint density at radius 3 is 2.56 bits per heavy atom. The maximum Gasteiger partial charge on any atom is 0.231 e. The molecule has 0 bridgehead atoms. The molecule has 0 aromatic carbocycles. The van der Waals surface area contributed by atoms with Crippen LogP contribution in [0.25, 0.3) is 0 Å². The number of nitrogens with one attached hydrogen (secondary N) is 1. The van der Waals surface area contributed by atoms with Crippen molar-refractivity contribution >= 4 is 11.7 Å². The van der Waals surface area contributed by atoms with Crippen molar-refractivity contribution in [2.75, 3.05) is 0 Å². The molecule has 0 heterocycles. The zero-order chi connectivity index (χ0) is 13.5. The van der Waals surface area contributed by atoms with E-state index in [-0.39, 0.29) is 17.8 Å². The first kappa shape index (κ1) is 14.8. The van der Waals surface area contributed by atoms with Crippen LogP contribution >= 0.6 is 0 Å². The normalized spacial score (nSPS) is 26.7. The van der Waals surface area contributed by atoms with Crippen molar-refractivity contribution in [3.05, 3.63) is 0 Å². The number of hydrogen-bond donors (Lipinski definition) is 3. The molecule has 5 heteroatoms. The van der Waals surface area contributed by atoms with Crippen LogP contribution in [0, 0.1) is 11.8 Å². The first-order chi connectivity index (χ1) is 8.58. The van der Waals surface area contributed by atoms with E-state index >= 15 is 0 Å². The van der Waals surface area contributed by atoms with Crippen molar-refractivity contribution in [3.8, 4) is 0 Å². The highest BCUT2D eigenvalue weighted by Gasteiger charge is 2.26. The van der Waals surface area contributed by atoms with Gasteiger partial charge < -0.3 is 16.3 Å². The lowest BCUT2D eigenvalue weighted by Crippen LogP contribution is -2.44. The van der Waals surface area contributed by atoms with Crippen LogP contribution in [0.15, 0.2) is 5.16 Å². The Kier molecular flexibility index (Phi) is 5.95. The van der Waals surface area contributed by atoms with E-state index in [9.17, 15) is 4.79 Å². The summed E-state index contributed by atoms with van der Waals surface area (Å²) in [6, 6.07) is 0.250. The lowest BCUT2D eigenvalue weighted by atomic mass is 9.87. The molecule has 1 aliphatic carbocycles. The van der Waals surface area contributed by atoms with Crippen molar-refractivity contribution < 1.29 is 10.0 Å². The first-order valence-corrected chi connectivity index (χ1v) is 6.86. The zero-order valence-electron chi connectivity index (χ0n) is 11.4. The summed E-state index contributed by atoms with van der Waals surface area (Å²) >= 11 is 0. The monoisotopic (exact) mass is 255 g/mol. The molecule has 1 amide bonds. The number of hydrogen-bond acceptors (Lipinski definition) is 3. The minimum Gasteiger partial charge on any atom is -0.409 e. The Morgan fingerprint density at radius 1 is 1.44 bits per heavy atom. The summed E-state index contributed by atoms with van der Waals surface area (Å²) in [4.78, 5) is 12.1. The highest BCUT2D eigenvalue weighted by atomic mass is 16.4. The fraction of sp³-hybridized carbons (Fsp3) is 0.846. The van der Waals surface area contributed by atoms with Crippen molar-refractivity contribution in [1.29, 1.82) is 0 Å². The van der Waals surface area contributed by atoms with Gasteiger partial charge in [0.05, 0.1) is 5.92 Å². The summed E-state index contributed by atoms with van der Waals surface area (Å²) in [5.74, 6) is 0.165. The van der Waals surface area contributed by atoms with E-state index in [1.54, 1.807) is 0 Å². The molecular formula is C13H25N3O2. The average Bonchev–Trinajstić information content (AvgIpc) is 2.37. The molecule has 1 aliphatic rings. The number of nitrogens with zero attached hydrogens (tertiary/aromatic N) is 1. The van der Waals surface area contributed by atoms with E-state index in [0.29, 0.717) is 6.42 Å². The largest absolute Gasteiger partial charge is 0.409 e. The van der Waals surface area contributed by atoms with Crippen LogP contribution in [0.2, 0.25) is 0 Å². The van der Waals surface area contributed by atoms with Crippen LogP contribution in [-0.4, -0.2) is 23.0 Å². The number of carbonyl (C=O) groups excluding carboxylic acids is 1. The van der Waals surface area contributed by atoms with Crippen LogP contribution in [0.5, 0.6) is 0 Å². The standard InChI is InChI=1S/C13H25N3O2/c1-3-4-11(12(14)16-18)13(17)15-10-7-5-9(2)6-8-10/h9-11,18H,3-8H2,1-2H3,(H2,14,16)(H,15,17). The van der Waals surface area contributed by atoms with E-state index in [2.05, 4.69) is 17.4 Å². The maximum absolute atomic E-state index is 12.1.